The first-order valence-electron chi connectivity index (χ1n) is 4.23. The molecule has 1 aliphatic heterocycles. The number of hydrogen-bond donors (Lipinski definition) is 0. The van der Waals surface area contributed by atoms with E-state index in [1.54, 1.807) is 18.2 Å². The Kier molecular flexibility index (Phi) is 3.32. The van der Waals surface area contributed by atoms with E-state index < -0.39 is 5.56 Å². The summed E-state index contributed by atoms with van der Waals surface area (Å²) in [5.41, 5.74) is 0.741. The summed E-state index contributed by atoms with van der Waals surface area (Å²) in [5.74, 6) is -0.333. The molecule has 3 heteroatoms. The third-order valence-electron chi connectivity index (χ3n) is 1.64. The van der Waals surface area contributed by atoms with Crippen LogP contribution in [0.3, 0.4) is 0 Å². The molecule has 1 heterocycles. The summed E-state index contributed by atoms with van der Waals surface area (Å²) in [4.78, 5) is 11.0. The van der Waals surface area contributed by atoms with Crippen LogP contribution in [-0.4, -0.2) is 5.97 Å². The molecule has 0 fully saturated rings. The lowest BCUT2D eigenvalue weighted by molar-refractivity contribution is 0.0513. The van der Waals surface area contributed by atoms with E-state index in [9.17, 15) is 4.79 Å². The number of carbonyl (C=O) groups is 1. The van der Waals surface area contributed by atoms with Gasteiger partial charge in [-0.1, -0.05) is 43.6 Å². The number of halogens is 1. The van der Waals surface area contributed by atoms with E-state index in [1.165, 1.54) is 0 Å². The third-order valence-corrected chi connectivity index (χ3v) is 1.96. The van der Waals surface area contributed by atoms with E-state index in [0.29, 0.717) is 5.56 Å². The molecule has 0 amide bonds. The van der Waals surface area contributed by atoms with Gasteiger partial charge in [-0.2, -0.15) is 0 Å². The van der Waals surface area contributed by atoms with Gasteiger partial charge in [0.05, 0.1) is 5.56 Å². The topological polar surface area (TPSA) is 26.3 Å². The van der Waals surface area contributed by atoms with E-state index >= 15 is 0 Å². The van der Waals surface area contributed by atoms with Crippen LogP contribution >= 0.6 is 11.6 Å². The predicted octanol–water partition coefficient (Wildman–Crippen LogP) is 3.12. The largest absolute Gasteiger partial charge is 0.438 e. The Morgan fingerprint density at radius 1 is 1.31 bits per heavy atom. The van der Waals surface area contributed by atoms with Gasteiger partial charge < -0.3 is 4.74 Å². The Hall–Kier alpha value is -1.02. The molecular weight excluding hydrogens is 188 g/mol. The van der Waals surface area contributed by atoms with Crippen LogP contribution in [0.5, 0.6) is 0 Å². The van der Waals surface area contributed by atoms with Gasteiger partial charge in [-0.05, 0) is 6.07 Å². The first-order chi connectivity index (χ1) is 6.29. The molecule has 0 saturated heterocycles. The number of carbonyl (C=O) groups excluding carboxylic acids is 1. The lowest BCUT2D eigenvalue weighted by atomic mass is 10.1. The van der Waals surface area contributed by atoms with E-state index in [2.05, 4.69) is 0 Å². The summed E-state index contributed by atoms with van der Waals surface area (Å²) < 4.78 is 4.76. The summed E-state index contributed by atoms with van der Waals surface area (Å²) in [6.45, 7) is 4.00. The number of alkyl halides is 1. The van der Waals surface area contributed by atoms with E-state index in [4.69, 9.17) is 16.3 Å². The van der Waals surface area contributed by atoms with Crippen molar-refractivity contribution in [2.24, 2.45) is 0 Å². The second-order valence-electron chi connectivity index (χ2n) is 2.31. The Morgan fingerprint density at radius 3 is 2.54 bits per heavy atom. The van der Waals surface area contributed by atoms with Crippen LogP contribution in [0.4, 0.5) is 0 Å². The van der Waals surface area contributed by atoms with Gasteiger partial charge in [0, 0.05) is 5.56 Å². The van der Waals surface area contributed by atoms with Crippen LogP contribution < -0.4 is 0 Å². The van der Waals surface area contributed by atoms with Crippen molar-refractivity contribution >= 4 is 17.6 Å². The Labute approximate surface area is 82.5 Å². The normalized spacial score (nSPS) is 18.4. The average Bonchev–Trinajstić information content (AvgIpc) is 2.47. The number of fused-ring (bicyclic) bond motifs is 1. The maximum absolute atomic E-state index is 11.0. The molecule has 0 radical (unpaired) electrons. The lowest BCUT2D eigenvalue weighted by Crippen LogP contribution is -1.92. The second-order valence-corrected chi connectivity index (χ2v) is 2.70. The van der Waals surface area contributed by atoms with Crippen molar-refractivity contribution in [3.8, 4) is 0 Å². The van der Waals surface area contributed by atoms with Crippen molar-refractivity contribution in [1.82, 2.24) is 0 Å². The third kappa shape index (κ3) is 1.83. The van der Waals surface area contributed by atoms with Crippen LogP contribution in [0, 0.1) is 0 Å². The quantitative estimate of drug-likeness (QED) is 0.473. The highest BCUT2D eigenvalue weighted by molar-refractivity contribution is 6.22. The average molecular weight is 199 g/mol. The van der Waals surface area contributed by atoms with Crippen molar-refractivity contribution < 1.29 is 9.53 Å². The monoisotopic (exact) mass is 198 g/mol. The fourth-order valence-corrected chi connectivity index (χ4v) is 1.37. The van der Waals surface area contributed by atoms with Gasteiger partial charge in [-0.25, -0.2) is 4.79 Å². The van der Waals surface area contributed by atoms with Gasteiger partial charge in [0.15, 0.2) is 0 Å². The van der Waals surface area contributed by atoms with Crippen LogP contribution in [0.25, 0.3) is 0 Å². The number of benzene rings is 1. The Balaban J connectivity index is 0.000000396. The molecule has 0 spiro atoms. The van der Waals surface area contributed by atoms with Gasteiger partial charge in [0.1, 0.15) is 0 Å². The minimum Gasteiger partial charge on any atom is -0.438 e. The summed E-state index contributed by atoms with van der Waals surface area (Å²) in [7, 11) is 0. The predicted molar refractivity (Wildman–Crippen MR) is 51.8 cm³/mol. The van der Waals surface area contributed by atoms with Crippen LogP contribution in [0.1, 0.15) is 35.3 Å². The maximum Gasteiger partial charge on any atom is 0.340 e. The Bertz CT molecular complexity index is 310. The minimum absolute atomic E-state index is 0.333. The minimum atomic E-state index is -0.598. The number of rotatable bonds is 0. The van der Waals surface area contributed by atoms with Crippen molar-refractivity contribution in [3.63, 3.8) is 0 Å². The molecular formula is C10H11ClO2. The zero-order valence-electron chi connectivity index (χ0n) is 7.58. The van der Waals surface area contributed by atoms with E-state index in [1.807, 2.05) is 19.9 Å². The van der Waals surface area contributed by atoms with Gasteiger partial charge in [0.25, 0.3) is 0 Å². The summed E-state index contributed by atoms with van der Waals surface area (Å²) >= 11 is 5.69. The molecule has 0 saturated carbocycles. The fourth-order valence-electron chi connectivity index (χ4n) is 1.10. The molecule has 1 aromatic carbocycles. The summed E-state index contributed by atoms with van der Waals surface area (Å²) in [6.07, 6.45) is 0. The molecule has 0 bridgehead atoms. The number of ether oxygens (including phenoxy) is 1. The summed E-state index contributed by atoms with van der Waals surface area (Å²) in [6, 6.07) is 7.11. The molecule has 1 aromatic rings. The zero-order chi connectivity index (χ0) is 9.84. The van der Waals surface area contributed by atoms with Crippen LogP contribution in [0.15, 0.2) is 24.3 Å². The molecule has 13 heavy (non-hydrogen) atoms. The molecule has 0 aromatic heterocycles. The number of esters is 1. The molecule has 1 atom stereocenters. The highest BCUT2D eigenvalue weighted by Crippen LogP contribution is 2.32. The van der Waals surface area contributed by atoms with Crippen LogP contribution in [0.2, 0.25) is 0 Å². The van der Waals surface area contributed by atoms with Gasteiger partial charge in [0.2, 0.25) is 5.56 Å². The van der Waals surface area contributed by atoms with E-state index in [-0.39, 0.29) is 5.97 Å². The molecule has 70 valence electrons. The SMILES string of the molecule is CC.O=C1OC(Cl)c2ccccc21. The van der Waals surface area contributed by atoms with Gasteiger partial charge in [-0.15, -0.1) is 0 Å². The lowest BCUT2D eigenvalue weighted by Gasteiger charge is -1.97. The molecule has 0 aliphatic carbocycles. The smallest absolute Gasteiger partial charge is 0.340 e. The van der Waals surface area contributed by atoms with Crippen molar-refractivity contribution in [2.75, 3.05) is 0 Å². The molecule has 1 aliphatic rings. The fraction of sp³-hybridized carbons (Fsp3) is 0.300. The van der Waals surface area contributed by atoms with Crippen LogP contribution in [-0.2, 0) is 4.74 Å². The second kappa shape index (κ2) is 4.28. The van der Waals surface area contributed by atoms with Gasteiger partial charge in [-0.3, -0.25) is 0 Å². The summed E-state index contributed by atoms with van der Waals surface area (Å²) in [5, 5.41) is 0. The molecule has 1 unspecified atom stereocenters. The number of hydrogen-bond acceptors (Lipinski definition) is 2. The number of cyclic esters (lactones) is 1. The highest BCUT2D eigenvalue weighted by atomic mass is 35.5. The standard InChI is InChI=1S/C8H5ClO2.C2H6/c9-7-5-3-1-2-4-6(5)8(10)11-7;1-2/h1-4,7H;1-2H3. The molecule has 0 N–H and O–H groups in total. The van der Waals surface area contributed by atoms with Gasteiger partial charge >= 0.3 is 5.97 Å². The first kappa shape index (κ1) is 10.1. The highest BCUT2D eigenvalue weighted by Gasteiger charge is 2.28. The van der Waals surface area contributed by atoms with E-state index in [0.717, 1.165) is 5.56 Å². The van der Waals surface area contributed by atoms with Crippen molar-refractivity contribution in [2.45, 2.75) is 19.4 Å². The molecule has 2 rings (SSSR count). The van der Waals surface area contributed by atoms with Crippen molar-refractivity contribution in [3.05, 3.63) is 35.4 Å². The Morgan fingerprint density at radius 2 is 1.92 bits per heavy atom. The first-order valence-corrected chi connectivity index (χ1v) is 4.66. The maximum atomic E-state index is 11.0. The zero-order valence-corrected chi connectivity index (χ0v) is 8.34. The molecule has 2 nitrogen and oxygen atoms in total. The van der Waals surface area contributed by atoms with Crippen molar-refractivity contribution in [1.29, 1.82) is 0 Å².